The van der Waals surface area contributed by atoms with Gasteiger partial charge in [0.25, 0.3) is 0 Å². The molecule has 0 spiro atoms. The lowest BCUT2D eigenvalue weighted by Crippen LogP contribution is -2.10. The van der Waals surface area contributed by atoms with Crippen LogP contribution in [0.2, 0.25) is 0 Å². The van der Waals surface area contributed by atoms with Crippen LogP contribution in [-0.4, -0.2) is 18.2 Å². The van der Waals surface area contributed by atoms with Gasteiger partial charge >= 0.3 is 6.61 Å². The SMILES string of the molecule is NCc1ccc(OC(F)F)c(C(C=O)CBr)c1. The van der Waals surface area contributed by atoms with E-state index in [1.54, 1.807) is 12.1 Å². The highest BCUT2D eigenvalue weighted by Gasteiger charge is 2.17. The van der Waals surface area contributed by atoms with E-state index < -0.39 is 12.5 Å². The van der Waals surface area contributed by atoms with Crippen LogP contribution in [-0.2, 0) is 11.3 Å². The lowest BCUT2D eigenvalue weighted by Gasteiger charge is -2.15. The van der Waals surface area contributed by atoms with Gasteiger partial charge in [-0.2, -0.15) is 8.78 Å². The number of hydrogen-bond donors (Lipinski definition) is 1. The summed E-state index contributed by atoms with van der Waals surface area (Å²) in [6, 6.07) is 4.61. The van der Waals surface area contributed by atoms with Crippen LogP contribution < -0.4 is 10.5 Å². The summed E-state index contributed by atoms with van der Waals surface area (Å²) in [4.78, 5) is 10.9. The molecule has 1 unspecified atom stereocenters. The topological polar surface area (TPSA) is 52.3 Å². The van der Waals surface area contributed by atoms with Gasteiger partial charge in [-0.1, -0.05) is 28.1 Å². The fourth-order valence-corrected chi connectivity index (χ4v) is 1.91. The first kappa shape index (κ1) is 14.1. The smallest absolute Gasteiger partial charge is 0.387 e. The minimum Gasteiger partial charge on any atom is -0.435 e. The molecule has 0 saturated heterocycles. The zero-order valence-corrected chi connectivity index (χ0v) is 10.5. The molecule has 17 heavy (non-hydrogen) atoms. The summed E-state index contributed by atoms with van der Waals surface area (Å²) < 4.78 is 28.8. The molecular formula is C11H12BrF2NO2. The summed E-state index contributed by atoms with van der Waals surface area (Å²) in [6.07, 6.45) is 0.683. The van der Waals surface area contributed by atoms with E-state index in [9.17, 15) is 13.6 Å². The highest BCUT2D eigenvalue weighted by atomic mass is 79.9. The molecule has 1 aromatic carbocycles. The zero-order valence-electron chi connectivity index (χ0n) is 8.91. The maximum absolute atomic E-state index is 12.2. The Morgan fingerprint density at radius 3 is 2.65 bits per heavy atom. The summed E-state index contributed by atoms with van der Waals surface area (Å²) >= 11 is 3.15. The van der Waals surface area contributed by atoms with Crippen molar-refractivity contribution in [1.82, 2.24) is 0 Å². The van der Waals surface area contributed by atoms with Crippen molar-refractivity contribution >= 4 is 22.2 Å². The van der Waals surface area contributed by atoms with Crippen LogP contribution in [0.5, 0.6) is 5.75 Å². The number of nitrogens with two attached hydrogens (primary N) is 1. The molecule has 6 heteroatoms. The van der Waals surface area contributed by atoms with Crippen molar-refractivity contribution in [2.45, 2.75) is 19.1 Å². The molecule has 0 saturated carbocycles. The Bertz CT molecular complexity index is 388. The van der Waals surface area contributed by atoms with Gasteiger partial charge in [-0.05, 0) is 11.6 Å². The Morgan fingerprint density at radius 2 is 2.18 bits per heavy atom. The van der Waals surface area contributed by atoms with E-state index in [1.165, 1.54) is 6.07 Å². The van der Waals surface area contributed by atoms with Crippen molar-refractivity contribution in [3.05, 3.63) is 29.3 Å². The summed E-state index contributed by atoms with van der Waals surface area (Å²) in [5.74, 6) is -0.524. The van der Waals surface area contributed by atoms with Gasteiger partial charge < -0.3 is 15.3 Å². The molecular weight excluding hydrogens is 296 g/mol. The third kappa shape index (κ3) is 3.74. The lowest BCUT2D eigenvalue weighted by molar-refractivity contribution is -0.108. The normalized spacial score (nSPS) is 12.5. The number of ether oxygens (including phenoxy) is 1. The standard InChI is InChI=1S/C11H12BrF2NO2/c12-4-8(6-16)9-3-7(5-15)1-2-10(9)17-11(13)14/h1-3,6,8,11H,4-5,15H2. The number of carbonyl (C=O) groups is 1. The van der Waals surface area contributed by atoms with Crippen LogP contribution in [0.4, 0.5) is 8.78 Å². The number of benzene rings is 1. The third-order valence-corrected chi connectivity index (χ3v) is 2.95. The lowest BCUT2D eigenvalue weighted by atomic mass is 9.99. The van der Waals surface area contributed by atoms with Gasteiger partial charge in [-0.25, -0.2) is 0 Å². The fraction of sp³-hybridized carbons (Fsp3) is 0.364. The highest BCUT2D eigenvalue weighted by molar-refractivity contribution is 9.09. The maximum Gasteiger partial charge on any atom is 0.387 e. The Morgan fingerprint density at radius 1 is 1.47 bits per heavy atom. The van der Waals surface area contributed by atoms with E-state index in [0.717, 1.165) is 5.56 Å². The Kier molecular flexibility index (Phi) is 5.50. The van der Waals surface area contributed by atoms with Crippen LogP contribution in [0, 0.1) is 0 Å². The van der Waals surface area contributed by atoms with Gasteiger partial charge in [0, 0.05) is 17.4 Å². The van der Waals surface area contributed by atoms with Crippen molar-refractivity contribution in [3.8, 4) is 5.75 Å². The second-order valence-corrected chi connectivity index (χ2v) is 4.00. The third-order valence-electron chi connectivity index (χ3n) is 2.26. The van der Waals surface area contributed by atoms with Crippen molar-refractivity contribution in [2.24, 2.45) is 5.73 Å². The van der Waals surface area contributed by atoms with Crippen molar-refractivity contribution in [2.75, 3.05) is 5.33 Å². The molecule has 0 aromatic heterocycles. The average Bonchev–Trinajstić information content (AvgIpc) is 2.32. The molecule has 0 fully saturated rings. The summed E-state index contributed by atoms with van der Waals surface area (Å²) in [7, 11) is 0. The number of halogens is 3. The second-order valence-electron chi connectivity index (χ2n) is 3.35. The number of aldehydes is 1. The molecule has 3 nitrogen and oxygen atoms in total. The van der Waals surface area contributed by atoms with Crippen LogP contribution >= 0.6 is 15.9 Å². The van der Waals surface area contributed by atoms with Gasteiger partial charge in [0.1, 0.15) is 12.0 Å². The Balaban J connectivity index is 3.14. The van der Waals surface area contributed by atoms with E-state index in [-0.39, 0.29) is 12.3 Å². The highest BCUT2D eigenvalue weighted by Crippen LogP contribution is 2.29. The second kappa shape index (κ2) is 6.66. The van der Waals surface area contributed by atoms with E-state index >= 15 is 0 Å². The Hall–Kier alpha value is -1.01. The monoisotopic (exact) mass is 307 g/mol. The van der Waals surface area contributed by atoms with Gasteiger partial charge in [-0.15, -0.1) is 0 Å². The predicted octanol–water partition coefficient (Wildman–Crippen LogP) is 2.42. The number of alkyl halides is 3. The van der Waals surface area contributed by atoms with Gasteiger partial charge in [0.15, 0.2) is 0 Å². The number of hydrogen-bond acceptors (Lipinski definition) is 3. The summed E-state index contributed by atoms with van der Waals surface area (Å²) in [6.45, 7) is -2.64. The molecule has 1 atom stereocenters. The van der Waals surface area contributed by atoms with E-state index in [0.29, 0.717) is 17.2 Å². The molecule has 0 aliphatic carbocycles. The number of rotatable bonds is 6. The van der Waals surface area contributed by atoms with Gasteiger partial charge in [-0.3, -0.25) is 0 Å². The first-order valence-corrected chi connectivity index (χ1v) is 6.03. The maximum atomic E-state index is 12.2. The molecule has 2 N–H and O–H groups in total. The molecule has 0 aliphatic rings. The largest absolute Gasteiger partial charge is 0.435 e. The summed E-state index contributed by atoms with van der Waals surface area (Å²) in [5, 5.41) is 0.337. The molecule has 0 bridgehead atoms. The molecule has 0 heterocycles. The van der Waals surface area contributed by atoms with Gasteiger partial charge in [0.2, 0.25) is 0 Å². The predicted molar refractivity (Wildman–Crippen MR) is 63.6 cm³/mol. The van der Waals surface area contributed by atoms with Crippen LogP contribution in [0.1, 0.15) is 17.0 Å². The van der Waals surface area contributed by atoms with Crippen LogP contribution in [0.25, 0.3) is 0 Å². The Labute approximate surface area is 106 Å². The minimum absolute atomic E-state index is 0.00810. The van der Waals surface area contributed by atoms with E-state index in [1.807, 2.05) is 0 Å². The minimum atomic E-state index is -2.92. The average molecular weight is 308 g/mol. The summed E-state index contributed by atoms with van der Waals surface area (Å²) in [5.41, 5.74) is 6.64. The van der Waals surface area contributed by atoms with Gasteiger partial charge in [0.05, 0.1) is 5.92 Å². The molecule has 0 radical (unpaired) electrons. The van der Waals surface area contributed by atoms with Crippen LogP contribution in [0.15, 0.2) is 18.2 Å². The fourth-order valence-electron chi connectivity index (χ4n) is 1.41. The van der Waals surface area contributed by atoms with E-state index in [2.05, 4.69) is 20.7 Å². The molecule has 94 valence electrons. The number of carbonyl (C=O) groups excluding carboxylic acids is 1. The van der Waals surface area contributed by atoms with Crippen molar-refractivity contribution < 1.29 is 18.3 Å². The molecule has 1 rings (SSSR count). The zero-order chi connectivity index (χ0) is 12.8. The first-order valence-electron chi connectivity index (χ1n) is 4.91. The van der Waals surface area contributed by atoms with Crippen molar-refractivity contribution in [1.29, 1.82) is 0 Å². The molecule has 0 aliphatic heterocycles. The first-order chi connectivity index (χ1) is 8.12. The molecule has 0 amide bonds. The van der Waals surface area contributed by atoms with Crippen molar-refractivity contribution in [3.63, 3.8) is 0 Å². The van der Waals surface area contributed by atoms with E-state index in [4.69, 9.17) is 5.73 Å². The molecule has 1 aromatic rings. The van der Waals surface area contributed by atoms with Crippen LogP contribution in [0.3, 0.4) is 0 Å². The quantitative estimate of drug-likeness (QED) is 0.648.